The third-order valence-electron chi connectivity index (χ3n) is 3.13. The fourth-order valence-corrected chi connectivity index (χ4v) is 2.02. The van der Waals surface area contributed by atoms with Crippen molar-refractivity contribution >= 4 is 11.5 Å². The second-order valence-corrected chi connectivity index (χ2v) is 4.76. The van der Waals surface area contributed by atoms with Gasteiger partial charge < -0.3 is 9.84 Å². The van der Waals surface area contributed by atoms with E-state index in [4.69, 9.17) is 4.74 Å². The van der Waals surface area contributed by atoms with E-state index < -0.39 is 12.1 Å². The van der Waals surface area contributed by atoms with Crippen molar-refractivity contribution in [1.29, 1.82) is 0 Å². The summed E-state index contributed by atoms with van der Waals surface area (Å²) in [6, 6.07) is 18.7. The van der Waals surface area contributed by atoms with Gasteiger partial charge in [0.2, 0.25) is 0 Å². The van der Waals surface area contributed by atoms with Gasteiger partial charge in [-0.05, 0) is 30.7 Å². The molecule has 2 aromatic carbocycles. The van der Waals surface area contributed by atoms with Gasteiger partial charge >= 0.3 is 5.97 Å². The van der Waals surface area contributed by atoms with E-state index in [9.17, 15) is 9.90 Å². The summed E-state index contributed by atoms with van der Waals surface area (Å²) in [6.45, 7) is 1.92. The summed E-state index contributed by atoms with van der Waals surface area (Å²) in [5, 5.41) is 10.2. The molecule has 0 fully saturated rings. The number of hydrogen-bond acceptors (Lipinski definition) is 3. The number of aliphatic hydroxyl groups is 1. The zero-order valence-electron chi connectivity index (χ0n) is 12.9. The van der Waals surface area contributed by atoms with Crippen molar-refractivity contribution < 1.29 is 14.6 Å². The Kier molecular flexibility index (Phi) is 6.17. The van der Waals surface area contributed by atoms with E-state index in [1.54, 1.807) is 13.0 Å². The van der Waals surface area contributed by atoms with E-state index in [1.807, 2.05) is 60.7 Å². The predicted octanol–water partition coefficient (Wildman–Crippen LogP) is 3.05. The summed E-state index contributed by atoms with van der Waals surface area (Å²) in [7, 11) is 0. The van der Waals surface area contributed by atoms with Crippen molar-refractivity contribution in [2.45, 2.75) is 13.0 Å². The highest BCUT2D eigenvalue weighted by molar-refractivity contribution is 5.91. The van der Waals surface area contributed by atoms with Crippen LogP contribution in [0.25, 0.3) is 5.57 Å². The van der Waals surface area contributed by atoms with Crippen LogP contribution >= 0.6 is 0 Å². The molecule has 3 heteroatoms. The van der Waals surface area contributed by atoms with Crippen molar-refractivity contribution in [2.24, 2.45) is 0 Å². The van der Waals surface area contributed by atoms with Crippen molar-refractivity contribution in [3.8, 4) is 11.8 Å². The highest BCUT2D eigenvalue weighted by Crippen LogP contribution is 2.19. The highest BCUT2D eigenvalue weighted by atomic mass is 16.5. The minimum Gasteiger partial charge on any atom is -0.464 e. The normalized spacial score (nSPS) is 12.0. The molecule has 0 amide bonds. The van der Waals surface area contributed by atoms with Crippen LogP contribution in [-0.4, -0.2) is 23.8 Å². The predicted molar refractivity (Wildman–Crippen MR) is 90.4 cm³/mol. The molecule has 2 aromatic rings. The number of carbonyl (C=O) groups excluding carboxylic acids is 1. The van der Waals surface area contributed by atoms with E-state index in [0.29, 0.717) is 5.57 Å². The van der Waals surface area contributed by atoms with Gasteiger partial charge in [-0.3, -0.25) is 0 Å². The van der Waals surface area contributed by atoms with Crippen LogP contribution in [0.4, 0.5) is 0 Å². The maximum absolute atomic E-state index is 11.8. The molecule has 0 unspecified atom stereocenters. The molecule has 0 bridgehead atoms. The number of rotatable bonds is 4. The van der Waals surface area contributed by atoms with Gasteiger partial charge in [-0.25, -0.2) is 4.79 Å². The summed E-state index contributed by atoms with van der Waals surface area (Å²) in [6.07, 6.45) is 0.201. The second-order valence-electron chi connectivity index (χ2n) is 4.76. The fourth-order valence-electron chi connectivity index (χ4n) is 2.02. The molecule has 0 aliphatic carbocycles. The summed E-state index contributed by atoms with van der Waals surface area (Å²) >= 11 is 0. The van der Waals surface area contributed by atoms with Crippen molar-refractivity contribution in [3.63, 3.8) is 0 Å². The van der Waals surface area contributed by atoms with Crippen LogP contribution in [0.1, 0.15) is 18.1 Å². The standard InChI is InChI=1S/C20H18O3/c1-2-23-20(22)19(21)18(17-13-7-4-8-14-17)15-9-12-16-10-5-3-6-11-16/h3-8,10-11,13-15,19,21H,2H2,1H3/b18-15+/t19-/m1/s1. The van der Waals surface area contributed by atoms with Gasteiger partial charge in [-0.2, -0.15) is 0 Å². The topological polar surface area (TPSA) is 46.5 Å². The number of hydrogen-bond donors (Lipinski definition) is 1. The Morgan fingerprint density at radius 2 is 1.74 bits per heavy atom. The molecule has 0 aromatic heterocycles. The molecule has 3 nitrogen and oxygen atoms in total. The molecule has 0 aliphatic rings. The molecule has 0 heterocycles. The average Bonchev–Trinajstić information content (AvgIpc) is 2.60. The van der Waals surface area contributed by atoms with Gasteiger partial charge in [-0.1, -0.05) is 60.4 Å². The quantitative estimate of drug-likeness (QED) is 0.697. The number of esters is 1. The molecule has 116 valence electrons. The van der Waals surface area contributed by atoms with Crippen LogP contribution in [0.3, 0.4) is 0 Å². The van der Waals surface area contributed by atoms with E-state index >= 15 is 0 Å². The van der Waals surface area contributed by atoms with E-state index in [1.165, 1.54) is 0 Å². The van der Waals surface area contributed by atoms with Crippen LogP contribution in [0.15, 0.2) is 66.7 Å². The Morgan fingerprint density at radius 1 is 1.13 bits per heavy atom. The van der Waals surface area contributed by atoms with Crippen molar-refractivity contribution in [2.75, 3.05) is 6.61 Å². The van der Waals surface area contributed by atoms with Crippen LogP contribution in [0.2, 0.25) is 0 Å². The summed E-state index contributed by atoms with van der Waals surface area (Å²) < 4.78 is 4.89. The van der Waals surface area contributed by atoms with Crippen LogP contribution in [-0.2, 0) is 9.53 Å². The summed E-state index contributed by atoms with van der Waals surface area (Å²) in [5.41, 5.74) is 2.02. The molecule has 0 radical (unpaired) electrons. The molecule has 2 rings (SSSR count). The maximum Gasteiger partial charge on any atom is 0.339 e. The van der Waals surface area contributed by atoms with Gasteiger partial charge in [0, 0.05) is 11.1 Å². The molecule has 0 saturated heterocycles. The first-order valence-corrected chi connectivity index (χ1v) is 7.39. The third kappa shape index (κ3) is 4.84. The van der Waals surface area contributed by atoms with Gasteiger partial charge in [0.05, 0.1) is 6.61 Å². The zero-order valence-corrected chi connectivity index (χ0v) is 12.9. The fraction of sp³-hybridized carbons (Fsp3) is 0.150. The largest absolute Gasteiger partial charge is 0.464 e. The van der Waals surface area contributed by atoms with Crippen LogP contribution < -0.4 is 0 Å². The van der Waals surface area contributed by atoms with Crippen molar-refractivity contribution in [3.05, 3.63) is 77.9 Å². The molecule has 23 heavy (non-hydrogen) atoms. The minimum atomic E-state index is -1.36. The van der Waals surface area contributed by atoms with Crippen LogP contribution in [0, 0.1) is 11.8 Å². The summed E-state index contributed by atoms with van der Waals surface area (Å²) in [5.74, 6) is 5.20. The molecule has 0 spiro atoms. The maximum atomic E-state index is 11.8. The lowest BCUT2D eigenvalue weighted by Crippen LogP contribution is -2.24. The zero-order chi connectivity index (χ0) is 16.5. The smallest absolute Gasteiger partial charge is 0.339 e. The number of allylic oxidation sites excluding steroid dienone is 1. The SMILES string of the molecule is CCOC(=O)[C@H](O)/C(=C/C#Cc1ccccc1)c1ccccc1. The summed E-state index contributed by atoms with van der Waals surface area (Å²) in [4.78, 5) is 11.8. The van der Waals surface area contributed by atoms with Gasteiger partial charge in [0.25, 0.3) is 0 Å². The second kappa shape index (κ2) is 8.57. The first-order chi connectivity index (χ1) is 11.2. The van der Waals surface area contributed by atoms with Gasteiger partial charge in [0.15, 0.2) is 6.10 Å². The Hall–Kier alpha value is -2.83. The van der Waals surface area contributed by atoms with E-state index in [0.717, 1.165) is 11.1 Å². The van der Waals surface area contributed by atoms with E-state index in [-0.39, 0.29) is 6.61 Å². The third-order valence-corrected chi connectivity index (χ3v) is 3.13. The Balaban J connectivity index is 2.32. The molecular weight excluding hydrogens is 288 g/mol. The Morgan fingerprint density at radius 3 is 2.35 bits per heavy atom. The lowest BCUT2D eigenvalue weighted by Gasteiger charge is -2.13. The Bertz CT molecular complexity index is 722. The highest BCUT2D eigenvalue weighted by Gasteiger charge is 2.22. The molecule has 0 saturated carbocycles. The molecule has 1 N–H and O–H groups in total. The van der Waals surface area contributed by atoms with Crippen molar-refractivity contribution in [1.82, 2.24) is 0 Å². The lowest BCUT2D eigenvalue weighted by molar-refractivity contribution is -0.149. The van der Waals surface area contributed by atoms with Gasteiger partial charge in [-0.15, -0.1) is 0 Å². The first-order valence-electron chi connectivity index (χ1n) is 7.39. The average molecular weight is 306 g/mol. The Labute approximate surface area is 136 Å². The number of aliphatic hydroxyl groups excluding tert-OH is 1. The monoisotopic (exact) mass is 306 g/mol. The molecule has 0 aliphatic heterocycles. The molecule has 1 atom stereocenters. The molecular formula is C20H18O3. The van der Waals surface area contributed by atoms with Gasteiger partial charge in [0.1, 0.15) is 0 Å². The lowest BCUT2D eigenvalue weighted by atomic mass is 10.00. The minimum absolute atomic E-state index is 0.216. The van der Waals surface area contributed by atoms with Crippen LogP contribution in [0.5, 0.6) is 0 Å². The van der Waals surface area contributed by atoms with E-state index in [2.05, 4.69) is 11.8 Å². The number of ether oxygens (including phenoxy) is 1. The first kappa shape index (κ1) is 16.5. The number of benzene rings is 2. The number of carbonyl (C=O) groups is 1.